The molecular weight excluding hydrogens is 280 g/mol. The van der Waals surface area contributed by atoms with Crippen molar-refractivity contribution in [2.45, 2.75) is 32.1 Å². The molecule has 0 spiro atoms. The van der Waals surface area contributed by atoms with Gasteiger partial charge in [0.15, 0.2) is 6.61 Å². The van der Waals surface area contributed by atoms with Crippen molar-refractivity contribution in [2.75, 3.05) is 13.2 Å². The zero-order chi connectivity index (χ0) is 15.6. The zero-order valence-electron chi connectivity index (χ0n) is 12.6. The number of hydrogen-bond donors (Lipinski definition) is 2. The molecule has 0 heterocycles. The Kier molecular flexibility index (Phi) is 6.48. The SMILES string of the molecule is O=C(COc1ccccc1)NC(=O)NCCC1=CCCCC1. The quantitative estimate of drug-likeness (QED) is 0.794. The molecule has 1 aliphatic carbocycles. The highest BCUT2D eigenvalue weighted by Gasteiger charge is 2.09. The molecule has 5 heteroatoms. The van der Waals surface area contributed by atoms with Crippen molar-refractivity contribution in [3.8, 4) is 5.75 Å². The van der Waals surface area contributed by atoms with E-state index in [1.165, 1.54) is 18.4 Å². The summed E-state index contributed by atoms with van der Waals surface area (Å²) in [5.41, 5.74) is 1.39. The number of imide groups is 1. The molecule has 0 aliphatic heterocycles. The summed E-state index contributed by atoms with van der Waals surface area (Å²) < 4.78 is 5.27. The van der Waals surface area contributed by atoms with E-state index in [4.69, 9.17) is 4.74 Å². The lowest BCUT2D eigenvalue weighted by molar-refractivity contribution is -0.122. The average Bonchev–Trinajstić information content (AvgIpc) is 2.55. The zero-order valence-corrected chi connectivity index (χ0v) is 12.6. The van der Waals surface area contributed by atoms with Gasteiger partial charge in [0.25, 0.3) is 5.91 Å². The minimum Gasteiger partial charge on any atom is -0.484 e. The van der Waals surface area contributed by atoms with Gasteiger partial charge in [-0.2, -0.15) is 0 Å². The summed E-state index contributed by atoms with van der Waals surface area (Å²) in [5, 5.41) is 4.95. The molecule has 0 saturated carbocycles. The van der Waals surface area contributed by atoms with E-state index in [0.29, 0.717) is 12.3 Å². The highest BCUT2D eigenvalue weighted by Crippen LogP contribution is 2.19. The molecule has 1 aromatic carbocycles. The average molecular weight is 302 g/mol. The van der Waals surface area contributed by atoms with Gasteiger partial charge in [-0.25, -0.2) is 4.79 Å². The predicted molar refractivity (Wildman–Crippen MR) is 84.6 cm³/mol. The van der Waals surface area contributed by atoms with Crippen molar-refractivity contribution in [1.29, 1.82) is 0 Å². The monoisotopic (exact) mass is 302 g/mol. The second kappa shape index (κ2) is 8.87. The molecule has 5 nitrogen and oxygen atoms in total. The van der Waals surface area contributed by atoms with Gasteiger partial charge in [-0.05, 0) is 44.2 Å². The minimum absolute atomic E-state index is 0.178. The number of benzene rings is 1. The van der Waals surface area contributed by atoms with Gasteiger partial charge in [0.1, 0.15) is 5.75 Å². The Bertz CT molecular complexity index is 526. The topological polar surface area (TPSA) is 67.4 Å². The maximum Gasteiger partial charge on any atom is 0.321 e. The van der Waals surface area contributed by atoms with Crippen LogP contribution in [0, 0.1) is 0 Å². The molecule has 0 atom stereocenters. The molecule has 1 aromatic rings. The van der Waals surface area contributed by atoms with Crippen molar-refractivity contribution in [3.05, 3.63) is 42.0 Å². The molecule has 0 unspecified atom stereocenters. The third kappa shape index (κ3) is 5.99. The molecule has 1 aliphatic rings. The molecule has 2 rings (SSSR count). The second-order valence-corrected chi connectivity index (χ2v) is 5.26. The van der Waals surface area contributed by atoms with Gasteiger partial charge in [-0.3, -0.25) is 10.1 Å². The lowest BCUT2D eigenvalue weighted by Gasteiger charge is -2.13. The third-order valence-corrected chi connectivity index (χ3v) is 3.48. The van der Waals surface area contributed by atoms with Crippen LogP contribution in [0.3, 0.4) is 0 Å². The van der Waals surface area contributed by atoms with Gasteiger partial charge >= 0.3 is 6.03 Å². The largest absolute Gasteiger partial charge is 0.484 e. The third-order valence-electron chi connectivity index (χ3n) is 3.48. The number of rotatable bonds is 6. The first-order chi connectivity index (χ1) is 10.7. The molecule has 118 valence electrons. The lowest BCUT2D eigenvalue weighted by atomic mass is 9.97. The van der Waals surface area contributed by atoms with Crippen molar-refractivity contribution in [2.24, 2.45) is 0 Å². The molecule has 22 heavy (non-hydrogen) atoms. The van der Waals surface area contributed by atoms with E-state index in [2.05, 4.69) is 16.7 Å². The Morgan fingerprint density at radius 2 is 1.95 bits per heavy atom. The van der Waals surface area contributed by atoms with E-state index in [9.17, 15) is 9.59 Å². The van der Waals surface area contributed by atoms with Crippen LogP contribution in [0.2, 0.25) is 0 Å². The van der Waals surface area contributed by atoms with Crippen molar-refractivity contribution in [3.63, 3.8) is 0 Å². The van der Waals surface area contributed by atoms with E-state index in [0.717, 1.165) is 19.3 Å². The van der Waals surface area contributed by atoms with E-state index in [1.807, 2.05) is 18.2 Å². The number of nitrogens with one attached hydrogen (secondary N) is 2. The lowest BCUT2D eigenvalue weighted by Crippen LogP contribution is -2.42. The number of ether oxygens (including phenoxy) is 1. The van der Waals surface area contributed by atoms with Crippen LogP contribution in [0.1, 0.15) is 32.1 Å². The van der Waals surface area contributed by atoms with Crippen LogP contribution in [0.25, 0.3) is 0 Å². The summed E-state index contributed by atoms with van der Waals surface area (Å²) in [7, 11) is 0. The van der Waals surface area contributed by atoms with Crippen LogP contribution in [0.15, 0.2) is 42.0 Å². The number of carbonyl (C=O) groups excluding carboxylic acids is 2. The Morgan fingerprint density at radius 1 is 1.14 bits per heavy atom. The molecular formula is C17H22N2O3. The number of allylic oxidation sites excluding steroid dienone is 1. The predicted octanol–water partition coefficient (Wildman–Crippen LogP) is 2.78. The summed E-state index contributed by atoms with van der Waals surface area (Å²) in [6.07, 6.45) is 7.84. The number of urea groups is 1. The van der Waals surface area contributed by atoms with Gasteiger partial charge in [0.2, 0.25) is 0 Å². The summed E-state index contributed by atoms with van der Waals surface area (Å²) in [6, 6.07) is 8.54. The Labute approximate surface area is 130 Å². The van der Waals surface area contributed by atoms with Gasteiger partial charge < -0.3 is 10.1 Å². The number of hydrogen-bond acceptors (Lipinski definition) is 3. The first-order valence-electron chi connectivity index (χ1n) is 7.67. The Morgan fingerprint density at radius 3 is 2.68 bits per heavy atom. The summed E-state index contributed by atoms with van der Waals surface area (Å²) in [5.74, 6) is 0.139. The molecule has 0 radical (unpaired) electrons. The first kappa shape index (κ1) is 16.1. The van der Waals surface area contributed by atoms with Crippen molar-refractivity contribution < 1.29 is 14.3 Å². The Hall–Kier alpha value is -2.30. The second-order valence-electron chi connectivity index (χ2n) is 5.26. The number of carbonyl (C=O) groups is 2. The van der Waals surface area contributed by atoms with Crippen LogP contribution in [-0.4, -0.2) is 25.1 Å². The van der Waals surface area contributed by atoms with E-state index < -0.39 is 11.9 Å². The summed E-state index contributed by atoms with van der Waals surface area (Å²) in [6.45, 7) is 0.368. The fraction of sp³-hybridized carbons (Fsp3) is 0.412. The van der Waals surface area contributed by atoms with Crippen molar-refractivity contribution in [1.82, 2.24) is 10.6 Å². The normalized spacial score (nSPS) is 13.9. The maximum absolute atomic E-state index is 11.6. The standard InChI is InChI=1S/C17H22N2O3/c20-16(13-22-15-9-5-2-6-10-15)19-17(21)18-12-11-14-7-3-1-4-8-14/h2,5-7,9-10H,1,3-4,8,11-13H2,(H2,18,19,20,21). The van der Waals surface area contributed by atoms with Crippen LogP contribution in [0.5, 0.6) is 5.75 Å². The van der Waals surface area contributed by atoms with E-state index in [1.54, 1.807) is 12.1 Å². The maximum atomic E-state index is 11.6. The minimum atomic E-state index is -0.474. The van der Waals surface area contributed by atoms with Crippen LogP contribution in [0.4, 0.5) is 4.79 Å². The summed E-state index contributed by atoms with van der Waals surface area (Å²) in [4.78, 5) is 23.2. The van der Waals surface area contributed by atoms with Crippen LogP contribution in [-0.2, 0) is 4.79 Å². The Balaban J connectivity index is 1.59. The van der Waals surface area contributed by atoms with Crippen LogP contribution >= 0.6 is 0 Å². The van der Waals surface area contributed by atoms with Gasteiger partial charge in [0.05, 0.1) is 0 Å². The van der Waals surface area contributed by atoms with Gasteiger partial charge in [-0.15, -0.1) is 0 Å². The molecule has 0 bridgehead atoms. The fourth-order valence-corrected chi connectivity index (χ4v) is 2.34. The molecule has 2 N–H and O–H groups in total. The molecule has 0 fully saturated rings. The number of para-hydroxylation sites is 1. The molecule has 0 saturated heterocycles. The van der Waals surface area contributed by atoms with E-state index >= 15 is 0 Å². The first-order valence-corrected chi connectivity index (χ1v) is 7.67. The summed E-state index contributed by atoms with van der Waals surface area (Å²) >= 11 is 0. The number of amides is 3. The van der Waals surface area contributed by atoms with Crippen LogP contribution < -0.4 is 15.4 Å². The highest BCUT2D eigenvalue weighted by atomic mass is 16.5. The highest BCUT2D eigenvalue weighted by molar-refractivity contribution is 5.94. The molecule has 0 aromatic heterocycles. The fourth-order valence-electron chi connectivity index (χ4n) is 2.34. The molecule has 3 amide bonds. The van der Waals surface area contributed by atoms with Crippen molar-refractivity contribution >= 4 is 11.9 Å². The van der Waals surface area contributed by atoms with Gasteiger partial charge in [-0.1, -0.05) is 29.8 Å². The van der Waals surface area contributed by atoms with Gasteiger partial charge in [0, 0.05) is 6.54 Å². The smallest absolute Gasteiger partial charge is 0.321 e. The van der Waals surface area contributed by atoms with E-state index in [-0.39, 0.29) is 6.61 Å².